The van der Waals surface area contributed by atoms with E-state index in [2.05, 4.69) is 49.3 Å². The van der Waals surface area contributed by atoms with Crippen molar-refractivity contribution in [1.29, 1.82) is 0 Å². The monoisotopic (exact) mass is 368 g/mol. The van der Waals surface area contributed by atoms with Crippen molar-refractivity contribution in [1.82, 2.24) is 14.9 Å². The van der Waals surface area contributed by atoms with E-state index in [-0.39, 0.29) is 0 Å². The third-order valence-corrected chi connectivity index (χ3v) is 5.25. The highest BCUT2D eigenvalue weighted by Gasteiger charge is 2.09. The number of nitrogens with zero attached hydrogens (tertiary/aromatic N) is 3. The first-order chi connectivity index (χ1) is 9.61. The number of thiophene rings is 2. The highest BCUT2D eigenvalue weighted by atomic mass is 79.9. The van der Waals surface area contributed by atoms with Crippen LogP contribution in [-0.4, -0.2) is 21.9 Å². The van der Waals surface area contributed by atoms with E-state index < -0.39 is 0 Å². The average molecular weight is 369 g/mol. The molecule has 0 unspecified atom stereocenters. The highest BCUT2D eigenvalue weighted by Crippen LogP contribution is 2.24. The maximum atomic E-state index is 5.97. The number of rotatable bonds is 4. The zero-order chi connectivity index (χ0) is 14.1. The Hall–Kier alpha value is -1.02. The van der Waals surface area contributed by atoms with Gasteiger partial charge in [0.2, 0.25) is 0 Å². The lowest BCUT2D eigenvalue weighted by atomic mass is 10.3. The van der Waals surface area contributed by atoms with Crippen LogP contribution in [0.5, 0.6) is 0 Å². The normalized spacial score (nSPS) is 11.6. The summed E-state index contributed by atoms with van der Waals surface area (Å²) in [6.07, 6.45) is 0. The number of aromatic nitrogens is 2. The number of nitrogen functional groups attached to an aromatic ring is 1. The lowest BCUT2D eigenvalue weighted by Crippen LogP contribution is -2.18. The molecule has 0 saturated carbocycles. The van der Waals surface area contributed by atoms with E-state index in [0.717, 1.165) is 26.4 Å². The zero-order valence-electron chi connectivity index (χ0n) is 10.8. The molecule has 0 saturated heterocycles. The van der Waals surface area contributed by atoms with Gasteiger partial charge in [-0.2, -0.15) is 0 Å². The van der Waals surface area contributed by atoms with Crippen LogP contribution in [-0.2, 0) is 13.1 Å². The van der Waals surface area contributed by atoms with Gasteiger partial charge < -0.3 is 5.73 Å². The lowest BCUT2D eigenvalue weighted by molar-refractivity contribution is 0.311. The van der Waals surface area contributed by atoms with Crippen LogP contribution in [0.15, 0.2) is 26.7 Å². The second kappa shape index (κ2) is 5.77. The van der Waals surface area contributed by atoms with E-state index in [9.17, 15) is 0 Å². The third kappa shape index (κ3) is 3.01. The molecule has 0 atom stereocenters. The van der Waals surface area contributed by atoms with Crippen LogP contribution in [0.4, 0.5) is 5.82 Å². The molecular weight excluding hydrogens is 356 g/mol. The summed E-state index contributed by atoms with van der Waals surface area (Å²) >= 11 is 6.78. The van der Waals surface area contributed by atoms with Gasteiger partial charge in [-0.3, -0.25) is 4.90 Å². The summed E-state index contributed by atoms with van der Waals surface area (Å²) in [7, 11) is 2.06. The molecule has 3 aromatic rings. The SMILES string of the molecule is CN(Cc1csc(Br)c1)Cc1nc(N)c2ccsc2n1. The van der Waals surface area contributed by atoms with Crippen molar-refractivity contribution in [3.8, 4) is 0 Å². The van der Waals surface area contributed by atoms with E-state index >= 15 is 0 Å². The summed E-state index contributed by atoms with van der Waals surface area (Å²) in [5, 5.41) is 5.09. The average Bonchev–Trinajstić information content (AvgIpc) is 2.98. The Morgan fingerprint density at radius 2 is 2.15 bits per heavy atom. The Kier molecular flexibility index (Phi) is 4.02. The number of nitrogens with two attached hydrogens (primary N) is 1. The summed E-state index contributed by atoms with van der Waals surface area (Å²) in [6.45, 7) is 1.55. The fraction of sp³-hybridized carbons (Fsp3) is 0.231. The van der Waals surface area contributed by atoms with Crippen molar-refractivity contribution in [3.63, 3.8) is 0 Å². The number of anilines is 1. The van der Waals surface area contributed by atoms with Crippen LogP contribution in [0, 0.1) is 0 Å². The van der Waals surface area contributed by atoms with Gasteiger partial charge in [0.25, 0.3) is 0 Å². The smallest absolute Gasteiger partial charge is 0.146 e. The Morgan fingerprint density at radius 1 is 1.30 bits per heavy atom. The van der Waals surface area contributed by atoms with Crippen LogP contribution in [0.1, 0.15) is 11.4 Å². The molecule has 0 spiro atoms. The van der Waals surface area contributed by atoms with Crippen LogP contribution in [0.25, 0.3) is 10.2 Å². The number of hydrogen-bond donors (Lipinski definition) is 1. The fourth-order valence-corrected chi connectivity index (χ4v) is 4.02. The molecule has 0 amide bonds. The van der Waals surface area contributed by atoms with Crippen molar-refractivity contribution < 1.29 is 0 Å². The van der Waals surface area contributed by atoms with Gasteiger partial charge in [0.05, 0.1) is 15.7 Å². The van der Waals surface area contributed by atoms with Gasteiger partial charge in [0, 0.05) is 6.54 Å². The number of halogens is 1. The van der Waals surface area contributed by atoms with Gasteiger partial charge in [-0.15, -0.1) is 22.7 Å². The Balaban J connectivity index is 1.75. The molecule has 4 nitrogen and oxygen atoms in total. The summed E-state index contributed by atoms with van der Waals surface area (Å²) in [5.41, 5.74) is 7.25. The van der Waals surface area contributed by atoms with E-state index in [4.69, 9.17) is 5.73 Å². The molecule has 3 aromatic heterocycles. The summed E-state index contributed by atoms with van der Waals surface area (Å²) in [5.74, 6) is 1.34. The van der Waals surface area contributed by atoms with Crippen molar-refractivity contribution >= 4 is 54.6 Å². The molecule has 0 aliphatic carbocycles. The Morgan fingerprint density at radius 3 is 2.90 bits per heavy atom. The molecule has 7 heteroatoms. The summed E-state index contributed by atoms with van der Waals surface area (Å²) in [4.78, 5) is 12.1. The molecule has 0 aliphatic heterocycles. The summed E-state index contributed by atoms with van der Waals surface area (Å²) in [6, 6.07) is 4.10. The molecule has 20 heavy (non-hydrogen) atoms. The minimum absolute atomic E-state index is 0.568. The first kappa shape index (κ1) is 13.9. The first-order valence-electron chi connectivity index (χ1n) is 6.03. The van der Waals surface area contributed by atoms with E-state index in [0.29, 0.717) is 12.4 Å². The number of hydrogen-bond acceptors (Lipinski definition) is 6. The minimum atomic E-state index is 0.568. The standard InChI is InChI=1S/C13H13BrN4S2/c1-18(5-8-4-10(14)20-7-8)6-11-16-12(15)9-2-3-19-13(9)17-11/h2-4,7H,5-6H2,1H3,(H2,15,16,17). The van der Waals surface area contributed by atoms with Crippen LogP contribution < -0.4 is 5.73 Å². The molecule has 0 bridgehead atoms. The van der Waals surface area contributed by atoms with Gasteiger partial charge in [-0.25, -0.2) is 9.97 Å². The van der Waals surface area contributed by atoms with Crippen LogP contribution in [0.3, 0.4) is 0 Å². The molecule has 104 valence electrons. The molecule has 3 rings (SSSR count). The fourth-order valence-electron chi connectivity index (χ4n) is 2.03. The molecular formula is C13H13BrN4S2. The molecule has 0 radical (unpaired) electrons. The zero-order valence-corrected chi connectivity index (χ0v) is 14.1. The van der Waals surface area contributed by atoms with Crippen molar-refractivity contribution in [2.75, 3.05) is 12.8 Å². The maximum absolute atomic E-state index is 5.97. The van der Waals surface area contributed by atoms with Gasteiger partial charge in [0.15, 0.2) is 0 Å². The van der Waals surface area contributed by atoms with Gasteiger partial charge >= 0.3 is 0 Å². The first-order valence-corrected chi connectivity index (χ1v) is 8.58. The van der Waals surface area contributed by atoms with Gasteiger partial charge in [-0.1, -0.05) is 0 Å². The van der Waals surface area contributed by atoms with E-state index in [1.54, 1.807) is 22.7 Å². The van der Waals surface area contributed by atoms with Crippen molar-refractivity contribution in [2.45, 2.75) is 13.1 Å². The second-order valence-electron chi connectivity index (χ2n) is 4.60. The molecule has 2 N–H and O–H groups in total. The van der Waals surface area contributed by atoms with Gasteiger partial charge in [0.1, 0.15) is 16.5 Å². The number of fused-ring (bicyclic) bond motifs is 1. The van der Waals surface area contributed by atoms with E-state index in [1.165, 1.54) is 5.56 Å². The topological polar surface area (TPSA) is 55.0 Å². The highest BCUT2D eigenvalue weighted by molar-refractivity contribution is 9.11. The maximum Gasteiger partial charge on any atom is 0.146 e. The van der Waals surface area contributed by atoms with Crippen LogP contribution >= 0.6 is 38.6 Å². The van der Waals surface area contributed by atoms with Crippen molar-refractivity contribution in [2.24, 2.45) is 0 Å². The largest absolute Gasteiger partial charge is 0.383 e. The van der Waals surface area contributed by atoms with Crippen molar-refractivity contribution in [3.05, 3.63) is 38.1 Å². The quantitative estimate of drug-likeness (QED) is 0.762. The predicted molar refractivity (Wildman–Crippen MR) is 89.0 cm³/mol. The van der Waals surface area contributed by atoms with E-state index in [1.807, 2.05) is 11.4 Å². The minimum Gasteiger partial charge on any atom is -0.383 e. The molecule has 3 heterocycles. The summed E-state index contributed by atoms with van der Waals surface area (Å²) < 4.78 is 1.15. The molecule has 0 aromatic carbocycles. The van der Waals surface area contributed by atoms with Gasteiger partial charge in [-0.05, 0) is 51.4 Å². The lowest BCUT2D eigenvalue weighted by Gasteiger charge is -2.14. The third-order valence-electron chi connectivity index (χ3n) is 2.89. The predicted octanol–water partition coefficient (Wildman–Crippen LogP) is 3.73. The Bertz CT molecular complexity index is 737. The van der Waals surface area contributed by atoms with Crippen LogP contribution in [0.2, 0.25) is 0 Å². The molecule has 0 fully saturated rings. The Labute approximate surface area is 133 Å². The second-order valence-corrected chi connectivity index (χ2v) is 7.78. The molecule has 0 aliphatic rings.